The quantitative estimate of drug-likeness (QED) is 0.449. The highest BCUT2D eigenvalue weighted by Gasteiger charge is 2.42. The largest absolute Gasteiger partial charge is 0.481 e. The number of hydrogen-bond acceptors (Lipinski definition) is 3. The summed E-state index contributed by atoms with van der Waals surface area (Å²) in [5, 5.41) is 8.94. The highest BCUT2D eigenvalue weighted by Crippen LogP contribution is 2.47. The molecule has 2 aliphatic rings. The molecule has 0 fully saturated rings. The first-order chi connectivity index (χ1) is 16.2. The van der Waals surface area contributed by atoms with Crippen LogP contribution in [0.5, 0.6) is 0 Å². The zero-order valence-corrected chi connectivity index (χ0v) is 21.2. The standard InChI is InChI=1S/C30H38N2O2/c1-29(2)22-14-8-10-16-24(22)31(5)26(29)18-13-19-27-30(3,4)23-15-9-11-17-25(23)32(27)21-12-6-7-20-28(33)34/h8-11,13-19,27H,6-7,12,20-21H2,1-5H3,(H,33,34). The van der Waals surface area contributed by atoms with E-state index < -0.39 is 5.97 Å². The van der Waals surface area contributed by atoms with Crippen molar-refractivity contribution in [3.8, 4) is 0 Å². The third kappa shape index (κ3) is 4.26. The number of aliphatic carboxylic acids is 1. The van der Waals surface area contributed by atoms with Crippen LogP contribution in [0.1, 0.15) is 64.5 Å². The molecule has 0 radical (unpaired) electrons. The molecule has 0 amide bonds. The lowest BCUT2D eigenvalue weighted by Gasteiger charge is -2.32. The summed E-state index contributed by atoms with van der Waals surface area (Å²) in [4.78, 5) is 15.7. The topological polar surface area (TPSA) is 43.8 Å². The molecule has 2 aliphatic heterocycles. The first-order valence-corrected chi connectivity index (χ1v) is 12.5. The number of anilines is 2. The molecule has 4 rings (SSSR count). The van der Waals surface area contributed by atoms with Crippen LogP contribution in [0.4, 0.5) is 11.4 Å². The van der Waals surface area contributed by atoms with Gasteiger partial charge in [0.25, 0.3) is 0 Å². The van der Waals surface area contributed by atoms with Crippen LogP contribution in [0.25, 0.3) is 0 Å². The minimum Gasteiger partial charge on any atom is -0.481 e. The molecule has 2 heterocycles. The van der Waals surface area contributed by atoms with E-state index in [9.17, 15) is 4.79 Å². The van der Waals surface area contributed by atoms with Gasteiger partial charge in [-0.15, -0.1) is 0 Å². The Labute approximate surface area is 204 Å². The second kappa shape index (κ2) is 9.32. The number of fused-ring (bicyclic) bond motifs is 2. The number of benzene rings is 2. The highest BCUT2D eigenvalue weighted by molar-refractivity contribution is 5.70. The molecule has 2 aromatic carbocycles. The lowest BCUT2D eigenvalue weighted by Crippen LogP contribution is -2.40. The first-order valence-electron chi connectivity index (χ1n) is 12.5. The minimum atomic E-state index is -0.705. The van der Waals surface area contributed by atoms with Crippen molar-refractivity contribution in [2.45, 2.75) is 70.3 Å². The van der Waals surface area contributed by atoms with E-state index in [1.807, 2.05) is 0 Å². The summed E-state index contributed by atoms with van der Waals surface area (Å²) < 4.78 is 0. The fourth-order valence-corrected chi connectivity index (χ4v) is 5.86. The van der Waals surface area contributed by atoms with E-state index in [1.165, 1.54) is 28.2 Å². The molecule has 0 saturated carbocycles. The summed E-state index contributed by atoms with van der Waals surface area (Å²) in [5.74, 6) is -0.705. The Bertz CT molecular complexity index is 1110. The maximum absolute atomic E-state index is 10.9. The van der Waals surface area contributed by atoms with Crippen molar-refractivity contribution in [3.63, 3.8) is 0 Å². The van der Waals surface area contributed by atoms with Gasteiger partial charge in [0.2, 0.25) is 0 Å². The molecular weight excluding hydrogens is 420 g/mol. The summed E-state index contributed by atoms with van der Waals surface area (Å²) in [6, 6.07) is 17.6. The van der Waals surface area contributed by atoms with Gasteiger partial charge in [-0.3, -0.25) is 4.79 Å². The predicted molar refractivity (Wildman–Crippen MR) is 142 cm³/mol. The van der Waals surface area contributed by atoms with Crippen LogP contribution in [0.15, 0.2) is 72.5 Å². The molecule has 0 bridgehead atoms. The summed E-state index contributed by atoms with van der Waals surface area (Å²) in [6.07, 6.45) is 9.81. The van der Waals surface area contributed by atoms with Crippen molar-refractivity contribution in [2.75, 3.05) is 23.4 Å². The molecule has 0 aliphatic carbocycles. The van der Waals surface area contributed by atoms with Crippen LogP contribution < -0.4 is 9.80 Å². The third-order valence-corrected chi connectivity index (χ3v) is 7.76. The van der Waals surface area contributed by atoms with Gasteiger partial charge in [-0.2, -0.15) is 0 Å². The number of nitrogens with zero attached hydrogens (tertiary/aromatic N) is 2. The van der Waals surface area contributed by atoms with Crippen molar-refractivity contribution in [3.05, 3.63) is 83.6 Å². The average Bonchev–Trinajstić information content (AvgIpc) is 3.13. The van der Waals surface area contributed by atoms with Crippen LogP contribution in [0.3, 0.4) is 0 Å². The molecule has 4 heteroatoms. The maximum atomic E-state index is 10.9. The molecule has 180 valence electrons. The number of unbranched alkanes of at least 4 members (excludes halogenated alkanes) is 2. The number of para-hydroxylation sites is 2. The van der Waals surface area contributed by atoms with Crippen LogP contribution in [0, 0.1) is 0 Å². The van der Waals surface area contributed by atoms with E-state index >= 15 is 0 Å². The Kier molecular flexibility index (Phi) is 6.62. The van der Waals surface area contributed by atoms with Gasteiger partial charge >= 0.3 is 5.97 Å². The van der Waals surface area contributed by atoms with Gasteiger partial charge in [-0.1, -0.05) is 82.7 Å². The van der Waals surface area contributed by atoms with E-state index in [2.05, 4.69) is 111 Å². The van der Waals surface area contributed by atoms with Gasteiger partial charge in [0.05, 0.1) is 6.04 Å². The monoisotopic (exact) mass is 458 g/mol. The Hall–Kier alpha value is -3.01. The Morgan fingerprint density at radius 1 is 0.941 bits per heavy atom. The van der Waals surface area contributed by atoms with E-state index in [1.54, 1.807) is 0 Å². The van der Waals surface area contributed by atoms with Gasteiger partial charge in [-0.05, 0) is 42.2 Å². The third-order valence-electron chi connectivity index (χ3n) is 7.76. The van der Waals surface area contributed by atoms with E-state index in [0.717, 1.165) is 25.8 Å². The molecule has 2 aromatic rings. The Morgan fingerprint density at radius 2 is 1.59 bits per heavy atom. The van der Waals surface area contributed by atoms with Gasteiger partial charge in [-0.25, -0.2) is 0 Å². The zero-order valence-electron chi connectivity index (χ0n) is 21.2. The highest BCUT2D eigenvalue weighted by atomic mass is 16.4. The van der Waals surface area contributed by atoms with Crippen molar-refractivity contribution in [2.24, 2.45) is 0 Å². The fraction of sp³-hybridized carbons (Fsp3) is 0.433. The normalized spacial score (nSPS) is 21.3. The number of carbonyl (C=O) groups is 1. The first kappa shape index (κ1) is 24.1. The van der Waals surface area contributed by atoms with Crippen LogP contribution >= 0.6 is 0 Å². The summed E-state index contributed by atoms with van der Waals surface area (Å²) >= 11 is 0. The van der Waals surface area contributed by atoms with E-state index in [4.69, 9.17) is 5.11 Å². The molecular formula is C30H38N2O2. The lowest BCUT2D eigenvalue weighted by atomic mass is 9.80. The second-order valence-electron chi connectivity index (χ2n) is 10.7. The van der Waals surface area contributed by atoms with Crippen LogP contribution in [-0.4, -0.2) is 30.7 Å². The molecule has 4 nitrogen and oxygen atoms in total. The summed E-state index contributed by atoms with van der Waals surface area (Å²) in [5.41, 5.74) is 6.60. The molecule has 34 heavy (non-hydrogen) atoms. The van der Waals surface area contributed by atoms with Gasteiger partial charge < -0.3 is 14.9 Å². The van der Waals surface area contributed by atoms with Gasteiger partial charge in [0, 0.05) is 47.9 Å². The Balaban J connectivity index is 1.57. The maximum Gasteiger partial charge on any atom is 0.303 e. The molecule has 1 N–H and O–H groups in total. The average molecular weight is 459 g/mol. The summed E-state index contributed by atoms with van der Waals surface area (Å²) in [6.45, 7) is 10.2. The van der Waals surface area contributed by atoms with Crippen molar-refractivity contribution in [1.82, 2.24) is 0 Å². The predicted octanol–water partition coefficient (Wildman–Crippen LogP) is 6.67. The van der Waals surface area contributed by atoms with Gasteiger partial charge in [0.1, 0.15) is 0 Å². The Morgan fingerprint density at radius 3 is 2.26 bits per heavy atom. The van der Waals surface area contributed by atoms with Crippen molar-refractivity contribution >= 4 is 17.3 Å². The second-order valence-corrected chi connectivity index (χ2v) is 10.7. The molecule has 1 atom stereocenters. The SMILES string of the molecule is CN1C(=CC=CC2N(CCCCCC(=O)O)c3ccccc3C2(C)C)C(C)(C)c2ccccc21. The van der Waals surface area contributed by atoms with Gasteiger partial charge in [0.15, 0.2) is 0 Å². The van der Waals surface area contributed by atoms with E-state index in [0.29, 0.717) is 0 Å². The van der Waals surface area contributed by atoms with Crippen LogP contribution in [0.2, 0.25) is 0 Å². The number of carboxylic acids is 1. The zero-order chi connectivity index (χ0) is 24.5. The van der Waals surface area contributed by atoms with E-state index in [-0.39, 0.29) is 23.3 Å². The van der Waals surface area contributed by atoms with Crippen molar-refractivity contribution in [1.29, 1.82) is 0 Å². The number of hydrogen-bond donors (Lipinski definition) is 1. The van der Waals surface area contributed by atoms with Crippen LogP contribution in [-0.2, 0) is 15.6 Å². The molecule has 1 unspecified atom stereocenters. The molecule has 0 aromatic heterocycles. The van der Waals surface area contributed by atoms with Crippen molar-refractivity contribution < 1.29 is 9.90 Å². The smallest absolute Gasteiger partial charge is 0.303 e. The minimum absolute atomic E-state index is 0.00722. The lowest BCUT2D eigenvalue weighted by molar-refractivity contribution is -0.137. The molecule has 0 saturated heterocycles. The fourth-order valence-electron chi connectivity index (χ4n) is 5.86. The number of carboxylic acid groups (broad SMARTS) is 1. The number of likely N-dealkylation sites (N-methyl/N-ethyl adjacent to an activating group) is 1. The number of allylic oxidation sites excluding steroid dienone is 3. The summed E-state index contributed by atoms with van der Waals surface area (Å²) in [7, 11) is 2.16. The number of rotatable bonds is 8. The molecule has 0 spiro atoms.